The number of carbonyl (C=O) groups is 2. The van der Waals surface area contributed by atoms with Crippen molar-refractivity contribution in [2.75, 3.05) is 25.5 Å². The highest BCUT2D eigenvalue weighted by molar-refractivity contribution is 6.33. The molecule has 0 aromatic heterocycles. The van der Waals surface area contributed by atoms with Gasteiger partial charge in [-0.1, -0.05) is 23.7 Å². The number of benzene rings is 2. The molecule has 29 heavy (non-hydrogen) atoms. The molecule has 0 radical (unpaired) electrons. The van der Waals surface area contributed by atoms with Crippen LogP contribution in [0.1, 0.15) is 23.2 Å². The molecule has 0 saturated carbocycles. The zero-order chi connectivity index (χ0) is 21.0. The molecule has 152 valence electrons. The summed E-state index contributed by atoms with van der Waals surface area (Å²) in [5.74, 6) is -0.381. The van der Waals surface area contributed by atoms with Crippen LogP contribution in [-0.2, 0) is 4.79 Å². The van der Waals surface area contributed by atoms with Crippen molar-refractivity contribution >= 4 is 34.8 Å². The Balaban J connectivity index is 1.63. The van der Waals surface area contributed by atoms with E-state index in [9.17, 15) is 19.7 Å². The Kier molecular flexibility index (Phi) is 6.33. The van der Waals surface area contributed by atoms with Crippen molar-refractivity contribution in [3.63, 3.8) is 0 Å². The second-order valence-electron chi connectivity index (χ2n) is 6.68. The van der Waals surface area contributed by atoms with Crippen molar-refractivity contribution in [3.05, 3.63) is 63.2 Å². The number of methoxy groups -OCH3 is 1. The molecule has 0 bridgehead atoms. The molecule has 0 atom stereocenters. The second kappa shape index (κ2) is 8.91. The van der Waals surface area contributed by atoms with Gasteiger partial charge in [0.05, 0.1) is 28.3 Å². The van der Waals surface area contributed by atoms with Crippen molar-refractivity contribution in [3.8, 4) is 5.75 Å². The minimum atomic E-state index is -0.534. The third kappa shape index (κ3) is 4.65. The molecule has 3 rings (SSSR count). The Morgan fingerprint density at radius 2 is 1.90 bits per heavy atom. The van der Waals surface area contributed by atoms with Crippen molar-refractivity contribution in [1.82, 2.24) is 4.90 Å². The highest BCUT2D eigenvalue weighted by Crippen LogP contribution is 2.30. The number of non-ortho nitro benzene ring substituents is 1. The second-order valence-corrected chi connectivity index (χ2v) is 7.08. The molecule has 2 aromatic rings. The lowest BCUT2D eigenvalue weighted by Crippen LogP contribution is -2.41. The molecule has 1 heterocycles. The molecule has 1 aliphatic rings. The van der Waals surface area contributed by atoms with Crippen molar-refractivity contribution in [2.45, 2.75) is 12.8 Å². The van der Waals surface area contributed by atoms with E-state index in [1.54, 1.807) is 29.2 Å². The van der Waals surface area contributed by atoms with E-state index in [0.29, 0.717) is 42.3 Å². The Hall–Kier alpha value is -3.13. The number of hydrogen-bond donors (Lipinski definition) is 1. The van der Waals surface area contributed by atoms with Gasteiger partial charge >= 0.3 is 0 Å². The van der Waals surface area contributed by atoms with Crippen LogP contribution in [0.2, 0.25) is 5.02 Å². The molecule has 0 unspecified atom stereocenters. The molecule has 2 aromatic carbocycles. The van der Waals surface area contributed by atoms with E-state index in [4.69, 9.17) is 16.3 Å². The fourth-order valence-electron chi connectivity index (χ4n) is 3.29. The Bertz CT molecular complexity index is 941. The van der Waals surface area contributed by atoms with Gasteiger partial charge in [0.2, 0.25) is 5.91 Å². The van der Waals surface area contributed by atoms with Crippen LogP contribution in [0.5, 0.6) is 5.75 Å². The minimum absolute atomic E-state index is 0.138. The topological polar surface area (TPSA) is 102 Å². The predicted octanol–water partition coefficient (Wildman–Crippen LogP) is 3.75. The van der Waals surface area contributed by atoms with Crippen LogP contribution < -0.4 is 10.1 Å². The van der Waals surface area contributed by atoms with E-state index in [1.807, 2.05) is 0 Å². The standard InChI is InChI=1S/C20H20ClN3O5/c1-29-18-7-6-14(24(27)28)12-17(18)22-19(25)13-8-10-23(11-9-13)20(26)15-4-2-3-5-16(15)21/h2-7,12-13H,8-11H2,1H3,(H,22,25). The van der Waals surface area contributed by atoms with Gasteiger partial charge in [-0.05, 0) is 31.0 Å². The summed E-state index contributed by atoms with van der Waals surface area (Å²) in [6.45, 7) is 0.850. The van der Waals surface area contributed by atoms with E-state index in [-0.39, 0.29) is 29.1 Å². The van der Waals surface area contributed by atoms with Crippen molar-refractivity contribution in [2.24, 2.45) is 5.92 Å². The van der Waals surface area contributed by atoms with E-state index in [0.717, 1.165) is 0 Å². The number of rotatable bonds is 5. The maximum atomic E-state index is 12.7. The number of nitro groups is 1. The third-order valence-electron chi connectivity index (χ3n) is 4.91. The normalized spacial score (nSPS) is 14.3. The first-order chi connectivity index (χ1) is 13.9. The van der Waals surface area contributed by atoms with Crippen LogP contribution in [-0.4, -0.2) is 41.8 Å². The first-order valence-corrected chi connectivity index (χ1v) is 9.45. The van der Waals surface area contributed by atoms with Gasteiger partial charge in [-0.2, -0.15) is 0 Å². The Morgan fingerprint density at radius 1 is 1.21 bits per heavy atom. The SMILES string of the molecule is COc1ccc([N+](=O)[O-])cc1NC(=O)C1CCN(C(=O)c2ccccc2Cl)CC1. The van der Waals surface area contributed by atoms with Gasteiger partial charge in [0.1, 0.15) is 5.75 Å². The van der Waals surface area contributed by atoms with Crippen molar-refractivity contribution in [1.29, 1.82) is 0 Å². The number of anilines is 1. The van der Waals surface area contributed by atoms with Gasteiger partial charge in [-0.3, -0.25) is 19.7 Å². The lowest BCUT2D eigenvalue weighted by molar-refractivity contribution is -0.384. The number of nitrogens with zero attached hydrogens (tertiary/aromatic N) is 2. The summed E-state index contributed by atoms with van der Waals surface area (Å²) in [6.07, 6.45) is 0.971. The van der Waals surface area contributed by atoms with Gasteiger partial charge in [-0.15, -0.1) is 0 Å². The van der Waals surface area contributed by atoms with Crippen LogP contribution in [0.4, 0.5) is 11.4 Å². The number of likely N-dealkylation sites (tertiary alicyclic amines) is 1. The summed E-state index contributed by atoms with van der Waals surface area (Å²) in [5, 5.41) is 14.1. The lowest BCUT2D eigenvalue weighted by atomic mass is 9.95. The highest BCUT2D eigenvalue weighted by atomic mass is 35.5. The van der Waals surface area contributed by atoms with Crippen LogP contribution in [0, 0.1) is 16.0 Å². The summed E-state index contributed by atoms with van der Waals surface area (Å²) in [5.41, 5.74) is 0.556. The van der Waals surface area contributed by atoms with Gasteiger partial charge in [-0.25, -0.2) is 0 Å². The Morgan fingerprint density at radius 3 is 2.52 bits per heavy atom. The summed E-state index contributed by atoms with van der Waals surface area (Å²) in [7, 11) is 1.43. The monoisotopic (exact) mass is 417 g/mol. The zero-order valence-electron chi connectivity index (χ0n) is 15.8. The summed E-state index contributed by atoms with van der Waals surface area (Å²) in [4.78, 5) is 37.4. The van der Waals surface area contributed by atoms with Crippen molar-refractivity contribution < 1.29 is 19.2 Å². The number of ether oxygens (including phenoxy) is 1. The molecule has 1 aliphatic heterocycles. The summed E-state index contributed by atoms with van der Waals surface area (Å²) in [6, 6.07) is 10.9. The summed E-state index contributed by atoms with van der Waals surface area (Å²) >= 11 is 6.10. The smallest absolute Gasteiger partial charge is 0.271 e. The molecule has 0 spiro atoms. The van der Waals surface area contributed by atoms with Crippen LogP contribution in [0.25, 0.3) is 0 Å². The fraction of sp³-hybridized carbons (Fsp3) is 0.300. The first kappa shape index (κ1) is 20.6. The number of hydrogen-bond acceptors (Lipinski definition) is 5. The molecule has 2 amide bonds. The van der Waals surface area contributed by atoms with E-state index < -0.39 is 4.92 Å². The molecule has 1 saturated heterocycles. The number of nitro benzene ring substituents is 1. The maximum absolute atomic E-state index is 12.7. The number of halogens is 1. The molecule has 1 N–H and O–H groups in total. The maximum Gasteiger partial charge on any atom is 0.271 e. The quantitative estimate of drug-likeness (QED) is 0.589. The van der Waals surface area contributed by atoms with E-state index in [1.165, 1.54) is 25.3 Å². The predicted molar refractivity (Wildman–Crippen MR) is 108 cm³/mol. The number of carbonyl (C=O) groups excluding carboxylic acids is 2. The van der Waals surface area contributed by atoms with E-state index >= 15 is 0 Å². The molecule has 8 nitrogen and oxygen atoms in total. The third-order valence-corrected chi connectivity index (χ3v) is 5.24. The largest absolute Gasteiger partial charge is 0.495 e. The van der Waals surface area contributed by atoms with Crippen LogP contribution in [0.3, 0.4) is 0 Å². The lowest BCUT2D eigenvalue weighted by Gasteiger charge is -2.31. The number of amides is 2. The number of piperidine rings is 1. The summed E-state index contributed by atoms with van der Waals surface area (Å²) < 4.78 is 5.17. The fourth-order valence-corrected chi connectivity index (χ4v) is 3.51. The molecular weight excluding hydrogens is 398 g/mol. The molecule has 9 heteroatoms. The Labute approximate surface area is 172 Å². The first-order valence-electron chi connectivity index (χ1n) is 9.07. The van der Waals surface area contributed by atoms with Gasteiger partial charge in [0, 0.05) is 31.1 Å². The zero-order valence-corrected chi connectivity index (χ0v) is 16.5. The minimum Gasteiger partial charge on any atom is -0.495 e. The van der Waals surface area contributed by atoms with E-state index in [2.05, 4.69) is 5.32 Å². The average Bonchev–Trinajstić information content (AvgIpc) is 2.73. The number of nitrogens with one attached hydrogen (secondary N) is 1. The highest BCUT2D eigenvalue weighted by Gasteiger charge is 2.29. The van der Waals surface area contributed by atoms with Gasteiger partial charge in [0.25, 0.3) is 11.6 Å². The van der Waals surface area contributed by atoms with Gasteiger partial charge in [0.15, 0.2) is 0 Å². The molecule has 1 fully saturated rings. The average molecular weight is 418 g/mol. The molecular formula is C20H20ClN3O5. The van der Waals surface area contributed by atoms with Crippen LogP contribution >= 0.6 is 11.6 Å². The van der Waals surface area contributed by atoms with Crippen LogP contribution in [0.15, 0.2) is 42.5 Å². The van der Waals surface area contributed by atoms with Gasteiger partial charge < -0.3 is 15.0 Å². The molecule has 0 aliphatic carbocycles.